The number of benzene rings is 1. The van der Waals surface area contributed by atoms with Gasteiger partial charge in [0.25, 0.3) is 5.69 Å². The normalized spacial score (nSPS) is 9.94. The van der Waals surface area contributed by atoms with E-state index in [0.29, 0.717) is 11.1 Å². The van der Waals surface area contributed by atoms with Crippen LogP contribution in [0.1, 0.15) is 11.1 Å². The topological polar surface area (TPSA) is 69.4 Å². The van der Waals surface area contributed by atoms with Crippen molar-refractivity contribution in [3.8, 4) is 0 Å². The van der Waals surface area contributed by atoms with Gasteiger partial charge in [-0.15, -0.1) is 0 Å². The lowest BCUT2D eigenvalue weighted by Gasteiger charge is -2.05. The van der Waals surface area contributed by atoms with Crippen molar-refractivity contribution in [3.05, 3.63) is 38.4 Å². The number of halogens is 1. The Bertz CT molecular complexity index is 445. The van der Waals surface area contributed by atoms with Crippen LogP contribution in [0.3, 0.4) is 0 Å². The maximum atomic E-state index is 11.0. The molecule has 0 aromatic heterocycles. The van der Waals surface area contributed by atoms with Crippen LogP contribution < -0.4 is 0 Å². The highest BCUT2D eigenvalue weighted by atomic mass is 35.5. The van der Waals surface area contributed by atoms with E-state index >= 15 is 0 Å². The first-order valence-corrected chi connectivity index (χ1v) is 4.83. The number of methoxy groups -OCH3 is 1. The monoisotopic (exact) mass is 243 g/mol. The molecule has 86 valence electrons. The lowest BCUT2D eigenvalue weighted by atomic mass is 10.1. The van der Waals surface area contributed by atoms with Crippen molar-refractivity contribution < 1.29 is 14.5 Å². The summed E-state index contributed by atoms with van der Waals surface area (Å²) in [7, 11) is 1.27. The number of aryl methyl sites for hydroxylation is 1. The SMILES string of the molecule is COC(=O)Cc1cc(C)c([N+](=O)[O-])cc1Cl. The molecule has 1 aromatic carbocycles. The molecule has 0 aliphatic heterocycles. The molecule has 0 aliphatic carbocycles. The second kappa shape index (κ2) is 4.94. The van der Waals surface area contributed by atoms with Crippen LogP contribution in [-0.4, -0.2) is 18.0 Å². The highest BCUT2D eigenvalue weighted by Crippen LogP contribution is 2.27. The highest BCUT2D eigenvalue weighted by molar-refractivity contribution is 6.31. The molecule has 0 unspecified atom stereocenters. The predicted molar refractivity (Wildman–Crippen MR) is 58.6 cm³/mol. The number of rotatable bonds is 3. The van der Waals surface area contributed by atoms with Crippen molar-refractivity contribution in [2.45, 2.75) is 13.3 Å². The summed E-state index contributed by atoms with van der Waals surface area (Å²) in [5.74, 6) is -0.435. The van der Waals surface area contributed by atoms with Gasteiger partial charge in [0.2, 0.25) is 0 Å². The zero-order chi connectivity index (χ0) is 12.3. The molecule has 16 heavy (non-hydrogen) atoms. The quantitative estimate of drug-likeness (QED) is 0.464. The Morgan fingerprint density at radius 1 is 1.56 bits per heavy atom. The fourth-order valence-electron chi connectivity index (χ4n) is 1.29. The minimum Gasteiger partial charge on any atom is -0.469 e. The second-order valence-corrected chi connectivity index (χ2v) is 3.65. The van der Waals surface area contributed by atoms with Gasteiger partial charge < -0.3 is 4.74 Å². The molecule has 0 heterocycles. The number of nitro groups is 1. The second-order valence-electron chi connectivity index (χ2n) is 3.24. The Morgan fingerprint density at radius 2 is 2.19 bits per heavy atom. The lowest BCUT2D eigenvalue weighted by molar-refractivity contribution is -0.385. The van der Waals surface area contributed by atoms with E-state index in [2.05, 4.69) is 4.74 Å². The molecule has 0 radical (unpaired) electrons. The van der Waals surface area contributed by atoms with Crippen molar-refractivity contribution >= 4 is 23.3 Å². The zero-order valence-corrected chi connectivity index (χ0v) is 9.58. The van der Waals surface area contributed by atoms with Crippen molar-refractivity contribution in [1.82, 2.24) is 0 Å². The number of esters is 1. The van der Waals surface area contributed by atoms with Gasteiger partial charge in [-0.05, 0) is 18.6 Å². The number of nitro benzene ring substituents is 1. The van der Waals surface area contributed by atoms with Crippen LogP contribution in [0, 0.1) is 17.0 Å². The molecule has 0 amide bonds. The van der Waals surface area contributed by atoms with E-state index < -0.39 is 10.9 Å². The molecule has 6 heteroatoms. The summed E-state index contributed by atoms with van der Waals surface area (Å²) >= 11 is 5.83. The first kappa shape index (κ1) is 12.4. The number of ether oxygens (including phenoxy) is 1. The summed E-state index contributed by atoms with van der Waals surface area (Å²) in [5, 5.41) is 10.8. The number of hydrogen-bond acceptors (Lipinski definition) is 4. The molecule has 0 aliphatic rings. The number of carbonyl (C=O) groups excluding carboxylic acids is 1. The molecular weight excluding hydrogens is 234 g/mol. The molecule has 0 atom stereocenters. The summed E-state index contributed by atoms with van der Waals surface area (Å²) in [5.41, 5.74) is 0.934. The predicted octanol–water partition coefficient (Wildman–Crippen LogP) is 2.27. The van der Waals surface area contributed by atoms with Gasteiger partial charge >= 0.3 is 5.97 Å². The van der Waals surface area contributed by atoms with Gasteiger partial charge in [0, 0.05) is 11.6 Å². The number of nitrogens with zero attached hydrogens (tertiary/aromatic N) is 1. The summed E-state index contributed by atoms with van der Waals surface area (Å²) in [6.07, 6.45) is 0.00810. The fraction of sp³-hybridized carbons (Fsp3) is 0.300. The number of carbonyl (C=O) groups is 1. The van der Waals surface area contributed by atoms with E-state index in [1.165, 1.54) is 19.2 Å². The largest absolute Gasteiger partial charge is 0.469 e. The van der Waals surface area contributed by atoms with Gasteiger partial charge in [-0.2, -0.15) is 0 Å². The maximum Gasteiger partial charge on any atom is 0.310 e. The fourth-order valence-corrected chi connectivity index (χ4v) is 1.52. The molecule has 0 N–H and O–H groups in total. The van der Waals surface area contributed by atoms with Crippen LogP contribution in [0.2, 0.25) is 5.02 Å². The number of hydrogen-bond donors (Lipinski definition) is 0. The third-order valence-corrected chi connectivity index (χ3v) is 2.48. The van der Waals surface area contributed by atoms with E-state index in [1.54, 1.807) is 6.92 Å². The third-order valence-electron chi connectivity index (χ3n) is 2.12. The van der Waals surface area contributed by atoms with Gasteiger partial charge in [-0.25, -0.2) is 0 Å². The van der Waals surface area contributed by atoms with Crippen LogP contribution in [-0.2, 0) is 16.0 Å². The summed E-state index contributed by atoms with van der Waals surface area (Å²) in [6, 6.07) is 2.77. The minimum atomic E-state index is -0.511. The van der Waals surface area contributed by atoms with Gasteiger partial charge in [-0.1, -0.05) is 11.6 Å². The molecule has 0 saturated heterocycles. The Kier molecular flexibility index (Phi) is 3.84. The third kappa shape index (κ3) is 2.70. The maximum absolute atomic E-state index is 11.0. The van der Waals surface area contributed by atoms with Crippen LogP contribution in [0.25, 0.3) is 0 Å². The summed E-state index contributed by atoms with van der Waals surface area (Å²) in [4.78, 5) is 21.2. The molecule has 5 nitrogen and oxygen atoms in total. The van der Waals surface area contributed by atoms with E-state index in [1.807, 2.05) is 0 Å². The first-order chi connectivity index (χ1) is 7.45. The van der Waals surface area contributed by atoms with Crippen molar-refractivity contribution in [2.24, 2.45) is 0 Å². The van der Waals surface area contributed by atoms with Crippen LogP contribution >= 0.6 is 11.6 Å². The van der Waals surface area contributed by atoms with Crippen molar-refractivity contribution in [3.63, 3.8) is 0 Å². The summed E-state index contributed by atoms with van der Waals surface area (Å²) < 4.78 is 4.50. The van der Waals surface area contributed by atoms with Gasteiger partial charge in [-0.3, -0.25) is 14.9 Å². The van der Waals surface area contributed by atoms with Crippen LogP contribution in [0.5, 0.6) is 0 Å². The Hall–Kier alpha value is -1.62. The molecule has 1 aromatic rings. The van der Waals surface area contributed by atoms with Gasteiger partial charge in [0.15, 0.2) is 0 Å². The standard InChI is InChI=1S/C10H10ClNO4/c1-6-3-7(4-10(13)16-2)8(11)5-9(6)12(14)15/h3,5H,4H2,1-2H3. The molecule has 0 fully saturated rings. The van der Waals surface area contributed by atoms with E-state index in [-0.39, 0.29) is 17.1 Å². The average molecular weight is 244 g/mol. The summed E-state index contributed by atoms with van der Waals surface area (Å²) in [6.45, 7) is 1.59. The van der Waals surface area contributed by atoms with Crippen molar-refractivity contribution in [1.29, 1.82) is 0 Å². The molecular formula is C10H10ClNO4. The Balaban J connectivity index is 3.10. The van der Waals surface area contributed by atoms with E-state index in [9.17, 15) is 14.9 Å². The van der Waals surface area contributed by atoms with Crippen LogP contribution in [0.15, 0.2) is 12.1 Å². The van der Waals surface area contributed by atoms with E-state index in [4.69, 9.17) is 11.6 Å². The Labute approximate surface area is 97.1 Å². The minimum absolute atomic E-state index is 0.00810. The van der Waals surface area contributed by atoms with Gasteiger partial charge in [0.05, 0.1) is 23.5 Å². The lowest BCUT2D eigenvalue weighted by Crippen LogP contribution is -2.05. The zero-order valence-electron chi connectivity index (χ0n) is 8.82. The molecule has 0 saturated carbocycles. The van der Waals surface area contributed by atoms with Crippen molar-refractivity contribution in [2.75, 3.05) is 7.11 Å². The molecule has 1 rings (SSSR count). The molecule has 0 bridgehead atoms. The van der Waals surface area contributed by atoms with E-state index in [0.717, 1.165) is 0 Å². The first-order valence-electron chi connectivity index (χ1n) is 4.46. The van der Waals surface area contributed by atoms with Crippen LogP contribution in [0.4, 0.5) is 5.69 Å². The highest BCUT2D eigenvalue weighted by Gasteiger charge is 2.16. The Morgan fingerprint density at radius 3 is 2.69 bits per heavy atom. The average Bonchev–Trinajstić information content (AvgIpc) is 2.22. The smallest absolute Gasteiger partial charge is 0.310 e. The van der Waals surface area contributed by atoms with Gasteiger partial charge in [0.1, 0.15) is 0 Å². The molecule has 0 spiro atoms.